The number of nitrogens with zero attached hydrogens (tertiary/aromatic N) is 1. The van der Waals surface area contributed by atoms with E-state index in [1.807, 2.05) is 0 Å². The summed E-state index contributed by atoms with van der Waals surface area (Å²) in [6.07, 6.45) is -3.20. The Balaban J connectivity index is 2.28. The van der Waals surface area contributed by atoms with Crippen molar-refractivity contribution < 1.29 is 26.7 Å². The van der Waals surface area contributed by atoms with Crippen LogP contribution in [0.2, 0.25) is 0 Å². The molecule has 138 valence electrons. The molecule has 1 aromatic heterocycles. The van der Waals surface area contributed by atoms with E-state index >= 15 is 0 Å². The Morgan fingerprint density at radius 3 is 2.19 bits per heavy atom. The van der Waals surface area contributed by atoms with Crippen molar-refractivity contribution in [1.29, 1.82) is 0 Å². The number of benzene rings is 1. The molecule has 0 aliphatic heterocycles. The van der Waals surface area contributed by atoms with E-state index in [0.29, 0.717) is 6.07 Å². The van der Waals surface area contributed by atoms with E-state index in [-0.39, 0.29) is 28.7 Å². The van der Waals surface area contributed by atoms with Crippen LogP contribution in [0.4, 0.5) is 22.0 Å². The van der Waals surface area contributed by atoms with Crippen molar-refractivity contribution in [1.82, 2.24) is 4.98 Å². The molecule has 1 aliphatic rings. The lowest BCUT2D eigenvalue weighted by atomic mass is 9.92. The predicted molar refractivity (Wildman–Crippen MR) is 84.2 cm³/mol. The van der Waals surface area contributed by atoms with Gasteiger partial charge in [0.05, 0.1) is 11.3 Å². The number of nitrogens with two attached hydrogens (primary N) is 1. The fourth-order valence-electron chi connectivity index (χ4n) is 3.04. The molecule has 2 N–H and O–H groups in total. The molecular weight excluding hydrogens is 355 g/mol. The highest BCUT2D eigenvalue weighted by atomic mass is 19.4. The summed E-state index contributed by atoms with van der Waals surface area (Å²) in [6.45, 7) is 1.69. The minimum absolute atomic E-state index is 0.0343. The van der Waals surface area contributed by atoms with Crippen LogP contribution >= 0.6 is 0 Å². The molecule has 0 saturated heterocycles. The highest BCUT2D eigenvalue weighted by Gasteiger charge is 2.39. The number of hydrogen-bond acceptors (Lipinski definition) is 2. The molecule has 0 unspecified atom stereocenters. The van der Waals surface area contributed by atoms with Crippen molar-refractivity contribution in [3.05, 3.63) is 52.9 Å². The summed E-state index contributed by atoms with van der Waals surface area (Å²) in [6, 6.07) is 2.98. The third kappa shape index (κ3) is 3.54. The first-order valence-electron chi connectivity index (χ1n) is 7.96. The number of pyridine rings is 1. The SMILES string of the molecule is C[C@H](c1nc(C(F)(F)F)c(-c2cc(F)cc(F)c2)cc1C(N)=O)C1CC1. The maximum atomic E-state index is 13.6. The van der Waals surface area contributed by atoms with Crippen molar-refractivity contribution in [2.75, 3.05) is 0 Å². The van der Waals surface area contributed by atoms with Gasteiger partial charge in [-0.2, -0.15) is 13.2 Å². The maximum absolute atomic E-state index is 13.6. The van der Waals surface area contributed by atoms with Crippen LogP contribution in [-0.4, -0.2) is 10.9 Å². The van der Waals surface area contributed by atoms with Gasteiger partial charge in [0.25, 0.3) is 5.91 Å². The second-order valence-electron chi connectivity index (χ2n) is 6.46. The van der Waals surface area contributed by atoms with Gasteiger partial charge in [-0.25, -0.2) is 13.8 Å². The van der Waals surface area contributed by atoms with Crippen molar-refractivity contribution in [3.63, 3.8) is 0 Å². The van der Waals surface area contributed by atoms with E-state index in [2.05, 4.69) is 4.98 Å². The van der Waals surface area contributed by atoms with E-state index in [9.17, 15) is 26.7 Å². The van der Waals surface area contributed by atoms with Crippen molar-refractivity contribution in [2.24, 2.45) is 11.7 Å². The molecule has 1 fully saturated rings. The lowest BCUT2D eigenvalue weighted by Crippen LogP contribution is -2.21. The summed E-state index contributed by atoms with van der Waals surface area (Å²) in [5.41, 5.74) is 2.88. The van der Waals surface area contributed by atoms with E-state index in [1.54, 1.807) is 6.92 Å². The third-order valence-corrected chi connectivity index (χ3v) is 4.52. The van der Waals surface area contributed by atoms with E-state index in [0.717, 1.165) is 31.0 Å². The van der Waals surface area contributed by atoms with Gasteiger partial charge in [-0.3, -0.25) is 4.79 Å². The Labute approximate surface area is 146 Å². The molecule has 1 aliphatic carbocycles. The summed E-state index contributed by atoms with van der Waals surface area (Å²) < 4.78 is 67.7. The average Bonchev–Trinajstić information content (AvgIpc) is 3.35. The van der Waals surface area contributed by atoms with Crippen LogP contribution in [0.25, 0.3) is 11.1 Å². The van der Waals surface area contributed by atoms with Crippen LogP contribution < -0.4 is 5.73 Å². The number of aromatic nitrogens is 1. The van der Waals surface area contributed by atoms with Gasteiger partial charge in [0.2, 0.25) is 0 Å². The number of carbonyl (C=O) groups is 1. The number of alkyl halides is 3. The topological polar surface area (TPSA) is 56.0 Å². The second kappa shape index (κ2) is 6.34. The van der Waals surface area contributed by atoms with Gasteiger partial charge < -0.3 is 5.73 Å². The van der Waals surface area contributed by atoms with Gasteiger partial charge in [-0.05, 0) is 42.5 Å². The second-order valence-corrected chi connectivity index (χ2v) is 6.46. The van der Waals surface area contributed by atoms with Crippen molar-refractivity contribution >= 4 is 5.91 Å². The fourth-order valence-corrected chi connectivity index (χ4v) is 3.04. The molecule has 26 heavy (non-hydrogen) atoms. The molecule has 1 amide bonds. The van der Waals surface area contributed by atoms with Crippen molar-refractivity contribution in [2.45, 2.75) is 31.9 Å². The lowest BCUT2D eigenvalue weighted by molar-refractivity contribution is -0.140. The van der Waals surface area contributed by atoms with Gasteiger partial charge in [0.1, 0.15) is 11.6 Å². The first-order chi connectivity index (χ1) is 12.1. The van der Waals surface area contributed by atoms with E-state index < -0.39 is 35.0 Å². The summed E-state index contributed by atoms with van der Waals surface area (Å²) in [5.74, 6) is -3.25. The molecule has 3 rings (SSSR count). The Kier molecular flexibility index (Phi) is 4.46. The van der Waals surface area contributed by atoms with Crippen LogP contribution in [0.5, 0.6) is 0 Å². The summed E-state index contributed by atoms with van der Waals surface area (Å²) >= 11 is 0. The van der Waals surface area contributed by atoms with Crippen LogP contribution in [0, 0.1) is 17.6 Å². The van der Waals surface area contributed by atoms with Gasteiger partial charge in [0.15, 0.2) is 5.69 Å². The molecule has 0 radical (unpaired) electrons. The number of hydrogen-bond donors (Lipinski definition) is 1. The standard InChI is InChI=1S/C18H15F5N2O/c1-8(9-2-3-9)15-14(17(24)26)7-13(16(25-15)18(21,22)23)10-4-11(19)6-12(20)5-10/h4-9H,2-3H2,1H3,(H2,24,26)/t8-/m0/s1. The first-order valence-corrected chi connectivity index (χ1v) is 7.96. The van der Waals surface area contributed by atoms with Crippen LogP contribution in [0.3, 0.4) is 0 Å². The lowest BCUT2D eigenvalue weighted by Gasteiger charge is -2.19. The molecular formula is C18H15F5N2O. The molecule has 1 saturated carbocycles. The smallest absolute Gasteiger partial charge is 0.366 e. The van der Waals surface area contributed by atoms with Crippen LogP contribution in [0.15, 0.2) is 24.3 Å². The Hall–Kier alpha value is -2.51. The minimum atomic E-state index is -4.87. The van der Waals surface area contributed by atoms with E-state index in [4.69, 9.17) is 5.73 Å². The Morgan fingerprint density at radius 1 is 1.15 bits per heavy atom. The first kappa shape index (κ1) is 18.3. The molecule has 8 heteroatoms. The molecule has 1 aromatic carbocycles. The molecule has 1 heterocycles. The molecule has 3 nitrogen and oxygen atoms in total. The molecule has 0 bridgehead atoms. The summed E-state index contributed by atoms with van der Waals surface area (Å²) in [4.78, 5) is 15.5. The van der Waals surface area contributed by atoms with Crippen molar-refractivity contribution in [3.8, 4) is 11.1 Å². The Morgan fingerprint density at radius 2 is 1.73 bits per heavy atom. The van der Waals surface area contributed by atoms with Gasteiger partial charge in [0, 0.05) is 17.5 Å². The highest BCUT2D eigenvalue weighted by Crippen LogP contribution is 2.45. The van der Waals surface area contributed by atoms with E-state index in [1.165, 1.54) is 0 Å². The number of rotatable bonds is 4. The number of amides is 1. The number of carbonyl (C=O) groups excluding carboxylic acids is 1. The normalized spacial score (nSPS) is 15.8. The molecule has 1 atom stereocenters. The molecule has 0 spiro atoms. The van der Waals surface area contributed by atoms with Gasteiger partial charge >= 0.3 is 6.18 Å². The largest absolute Gasteiger partial charge is 0.433 e. The summed E-state index contributed by atoms with van der Waals surface area (Å²) in [5, 5.41) is 0. The third-order valence-electron chi connectivity index (χ3n) is 4.52. The summed E-state index contributed by atoms with van der Waals surface area (Å²) in [7, 11) is 0. The number of primary amides is 1. The average molecular weight is 370 g/mol. The zero-order chi connectivity index (χ0) is 19.2. The monoisotopic (exact) mass is 370 g/mol. The van der Waals surface area contributed by atoms with Crippen LogP contribution in [-0.2, 0) is 6.18 Å². The minimum Gasteiger partial charge on any atom is -0.366 e. The van der Waals surface area contributed by atoms with Gasteiger partial charge in [-0.1, -0.05) is 6.92 Å². The maximum Gasteiger partial charge on any atom is 0.433 e. The zero-order valence-electron chi connectivity index (χ0n) is 13.7. The predicted octanol–water partition coefficient (Wildman–Crippen LogP) is 4.66. The molecule has 2 aromatic rings. The highest BCUT2D eigenvalue weighted by molar-refractivity contribution is 5.95. The Bertz CT molecular complexity index is 854. The zero-order valence-corrected chi connectivity index (χ0v) is 13.7. The van der Waals surface area contributed by atoms with Crippen LogP contribution in [0.1, 0.15) is 47.4 Å². The quantitative estimate of drug-likeness (QED) is 0.796. The number of halogens is 5. The fraction of sp³-hybridized carbons (Fsp3) is 0.333. The van der Waals surface area contributed by atoms with Gasteiger partial charge in [-0.15, -0.1) is 0 Å².